The largest absolute Gasteiger partial charge is 0.461 e. The lowest BCUT2D eigenvalue weighted by atomic mass is 9.87. The summed E-state index contributed by atoms with van der Waals surface area (Å²) in [6.07, 6.45) is 4.33. The molecule has 134 valence electrons. The number of nitrogens with zero attached hydrogens (tertiary/aromatic N) is 1. The van der Waals surface area contributed by atoms with Gasteiger partial charge < -0.3 is 9.73 Å². The molecule has 1 N–H and O–H groups in total. The van der Waals surface area contributed by atoms with Crippen LogP contribution in [0, 0.1) is 12.8 Å². The number of rotatable bonds is 4. The normalized spacial score (nSPS) is 16.3. The van der Waals surface area contributed by atoms with Crippen molar-refractivity contribution >= 4 is 39.4 Å². The summed E-state index contributed by atoms with van der Waals surface area (Å²) < 4.78 is 5.32. The predicted octanol–water partition coefficient (Wildman–Crippen LogP) is 4.71. The Morgan fingerprint density at radius 3 is 2.92 bits per heavy atom. The highest BCUT2D eigenvalue weighted by Crippen LogP contribution is 2.41. The van der Waals surface area contributed by atoms with Gasteiger partial charge >= 0.3 is 0 Å². The van der Waals surface area contributed by atoms with Crippen LogP contribution in [0.15, 0.2) is 28.3 Å². The molecule has 7 heteroatoms. The molecule has 0 fully saturated rings. The van der Waals surface area contributed by atoms with E-state index in [1.807, 2.05) is 0 Å². The van der Waals surface area contributed by atoms with Crippen LogP contribution >= 0.6 is 22.7 Å². The average Bonchev–Trinajstić information content (AvgIpc) is 3.33. The first-order valence-electron chi connectivity index (χ1n) is 8.48. The predicted molar refractivity (Wildman–Crippen MR) is 102 cm³/mol. The third-order valence-electron chi connectivity index (χ3n) is 4.66. The molecule has 3 aromatic rings. The fraction of sp³-hybridized carbons (Fsp3) is 0.316. The van der Waals surface area contributed by atoms with Gasteiger partial charge in [0.05, 0.1) is 23.0 Å². The summed E-state index contributed by atoms with van der Waals surface area (Å²) in [5.41, 5.74) is 4.00. The Balaban J connectivity index is 1.75. The van der Waals surface area contributed by atoms with Crippen molar-refractivity contribution in [2.24, 2.45) is 5.92 Å². The van der Waals surface area contributed by atoms with Crippen molar-refractivity contribution in [3.05, 3.63) is 56.2 Å². The number of aryl methyl sites for hydroxylation is 1. The molecule has 3 heterocycles. The van der Waals surface area contributed by atoms with Gasteiger partial charge in [0.1, 0.15) is 9.88 Å². The number of hydrogen-bond acceptors (Lipinski definition) is 6. The van der Waals surface area contributed by atoms with Crippen LogP contribution in [0.5, 0.6) is 0 Å². The minimum absolute atomic E-state index is 0.168. The highest BCUT2D eigenvalue weighted by molar-refractivity contribution is 7.17. The van der Waals surface area contributed by atoms with Gasteiger partial charge in [-0.1, -0.05) is 6.92 Å². The van der Waals surface area contributed by atoms with Gasteiger partial charge in [-0.05, 0) is 49.8 Å². The summed E-state index contributed by atoms with van der Waals surface area (Å²) in [7, 11) is 0. The maximum atomic E-state index is 13.0. The molecule has 26 heavy (non-hydrogen) atoms. The number of carbonyl (C=O) groups is 2. The van der Waals surface area contributed by atoms with Gasteiger partial charge in [0.15, 0.2) is 5.76 Å². The number of thiophene rings is 1. The molecule has 1 aliphatic carbocycles. The first-order chi connectivity index (χ1) is 12.5. The Hall–Kier alpha value is -2.25. The molecule has 0 aromatic carbocycles. The van der Waals surface area contributed by atoms with Gasteiger partial charge in [0.2, 0.25) is 5.78 Å². The SMILES string of the molecule is Cc1ncsc1C(=O)Nc1sc2c(c1C(=O)c1ccco1)CCC(C)C2. The van der Waals surface area contributed by atoms with Crippen LogP contribution in [0.3, 0.4) is 0 Å². The van der Waals surface area contributed by atoms with Gasteiger partial charge in [0.25, 0.3) is 5.91 Å². The van der Waals surface area contributed by atoms with E-state index in [1.54, 1.807) is 24.6 Å². The Kier molecular flexibility index (Phi) is 4.50. The molecule has 1 amide bonds. The third kappa shape index (κ3) is 3.01. The molecule has 5 nitrogen and oxygen atoms in total. The summed E-state index contributed by atoms with van der Waals surface area (Å²) in [4.78, 5) is 31.6. The highest BCUT2D eigenvalue weighted by atomic mass is 32.1. The van der Waals surface area contributed by atoms with E-state index in [0.29, 0.717) is 32.8 Å². The number of amides is 1. The number of nitrogens with one attached hydrogen (secondary N) is 1. The van der Waals surface area contributed by atoms with Gasteiger partial charge in [-0.2, -0.15) is 0 Å². The van der Waals surface area contributed by atoms with E-state index in [-0.39, 0.29) is 11.7 Å². The molecule has 3 aromatic heterocycles. The van der Waals surface area contributed by atoms with Crippen LogP contribution in [0.25, 0.3) is 0 Å². The third-order valence-corrected chi connectivity index (χ3v) is 6.76. The number of aromatic nitrogens is 1. The van der Waals surface area contributed by atoms with E-state index in [1.165, 1.54) is 33.8 Å². The molecule has 1 unspecified atom stereocenters. The van der Waals surface area contributed by atoms with Gasteiger partial charge in [-0.15, -0.1) is 22.7 Å². The summed E-state index contributed by atoms with van der Waals surface area (Å²) >= 11 is 2.81. The minimum Gasteiger partial charge on any atom is -0.461 e. The summed E-state index contributed by atoms with van der Waals surface area (Å²) in [5.74, 6) is 0.497. The second kappa shape index (κ2) is 6.81. The van der Waals surface area contributed by atoms with Crippen LogP contribution < -0.4 is 5.32 Å². The average molecular weight is 386 g/mol. The molecular weight excluding hydrogens is 368 g/mol. The van der Waals surface area contributed by atoms with Crippen LogP contribution in [0.4, 0.5) is 5.00 Å². The number of fused-ring (bicyclic) bond motifs is 1. The quantitative estimate of drug-likeness (QED) is 0.659. The fourth-order valence-electron chi connectivity index (χ4n) is 3.29. The summed E-state index contributed by atoms with van der Waals surface area (Å²) in [5, 5.41) is 3.57. The standard InChI is InChI=1S/C19H18N2O3S2/c1-10-5-6-12-14(8-10)26-19(15(12)16(22)13-4-3-7-24-13)21-18(23)17-11(2)20-9-25-17/h3-4,7,9-10H,5-6,8H2,1-2H3,(H,21,23). The van der Waals surface area contributed by atoms with E-state index in [9.17, 15) is 9.59 Å². The molecule has 0 spiro atoms. The second-order valence-electron chi connectivity index (χ2n) is 6.58. The summed E-state index contributed by atoms with van der Waals surface area (Å²) in [6.45, 7) is 4.02. The van der Waals surface area contributed by atoms with Crippen LogP contribution in [-0.4, -0.2) is 16.7 Å². The van der Waals surface area contributed by atoms with Crippen molar-refractivity contribution in [1.29, 1.82) is 0 Å². The molecule has 0 bridgehead atoms. The molecule has 1 aliphatic rings. The lowest BCUT2D eigenvalue weighted by molar-refractivity contribution is 0.101. The Bertz CT molecular complexity index is 969. The number of hydrogen-bond donors (Lipinski definition) is 1. The zero-order valence-electron chi connectivity index (χ0n) is 14.5. The number of thiazole rings is 1. The van der Waals surface area contributed by atoms with E-state index < -0.39 is 0 Å². The van der Waals surface area contributed by atoms with Crippen LogP contribution in [0.2, 0.25) is 0 Å². The molecular formula is C19H18N2O3S2. The second-order valence-corrected chi connectivity index (χ2v) is 8.54. The smallest absolute Gasteiger partial charge is 0.268 e. The molecule has 0 radical (unpaired) electrons. The van der Waals surface area contributed by atoms with Crippen molar-refractivity contribution in [3.8, 4) is 0 Å². The Labute approximate surface area is 159 Å². The van der Waals surface area contributed by atoms with Gasteiger partial charge in [0, 0.05) is 4.88 Å². The monoisotopic (exact) mass is 386 g/mol. The summed E-state index contributed by atoms with van der Waals surface area (Å²) in [6, 6.07) is 3.36. The molecule has 0 aliphatic heterocycles. The van der Waals surface area contributed by atoms with Gasteiger partial charge in [-0.3, -0.25) is 9.59 Å². The zero-order valence-corrected chi connectivity index (χ0v) is 16.1. The van der Waals surface area contributed by atoms with Crippen molar-refractivity contribution in [1.82, 2.24) is 4.98 Å². The fourth-order valence-corrected chi connectivity index (χ4v) is 5.39. The van der Waals surface area contributed by atoms with E-state index in [0.717, 1.165) is 24.8 Å². The molecule has 1 atom stereocenters. The van der Waals surface area contributed by atoms with Crippen molar-refractivity contribution in [2.45, 2.75) is 33.1 Å². The number of furan rings is 1. The van der Waals surface area contributed by atoms with Crippen molar-refractivity contribution in [2.75, 3.05) is 5.32 Å². The number of anilines is 1. The molecule has 0 saturated heterocycles. The number of carbonyl (C=O) groups excluding carboxylic acids is 2. The lowest BCUT2D eigenvalue weighted by Crippen LogP contribution is -2.15. The topological polar surface area (TPSA) is 72.2 Å². The van der Waals surface area contributed by atoms with Crippen molar-refractivity contribution < 1.29 is 14.0 Å². The van der Waals surface area contributed by atoms with Crippen LogP contribution in [-0.2, 0) is 12.8 Å². The van der Waals surface area contributed by atoms with E-state index >= 15 is 0 Å². The van der Waals surface area contributed by atoms with Crippen molar-refractivity contribution in [3.63, 3.8) is 0 Å². The van der Waals surface area contributed by atoms with Gasteiger partial charge in [-0.25, -0.2) is 4.98 Å². The Morgan fingerprint density at radius 1 is 1.38 bits per heavy atom. The molecule has 0 saturated carbocycles. The molecule has 4 rings (SSSR count). The van der Waals surface area contributed by atoms with E-state index in [2.05, 4.69) is 17.2 Å². The first kappa shape index (κ1) is 17.2. The zero-order chi connectivity index (χ0) is 18.3. The first-order valence-corrected chi connectivity index (χ1v) is 10.2. The minimum atomic E-state index is -0.217. The highest BCUT2D eigenvalue weighted by Gasteiger charge is 2.30. The lowest BCUT2D eigenvalue weighted by Gasteiger charge is -2.18. The maximum absolute atomic E-state index is 13.0. The van der Waals surface area contributed by atoms with Crippen LogP contribution in [0.1, 0.15) is 55.3 Å². The number of ketones is 1. The maximum Gasteiger partial charge on any atom is 0.268 e. The Morgan fingerprint density at radius 2 is 2.23 bits per heavy atom. The van der Waals surface area contributed by atoms with E-state index in [4.69, 9.17) is 4.42 Å².